The minimum Gasteiger partial charge on any atom is -0.399 e. The molecule has 5 nitrogen and oxygen atoms in total. The van der Waals surface area contributed by atoms with Crippen LogP contribution in [0.2, 0.25) is 0 Å². The number of nitrogens with two attached hydrogens (primary N) is 1. The van der Waals surface area contributed by atoms with Gasteiger partial charge < -0.3 is 21.3 Å². The minimum absolute atomic E-state index is 0.212. The molecule has 1 amide bonds. The molecule has 1 aliphatic carbocycles. The van der Waals surface area contributed by atoms with E-state index >= 15 is 0 Å². The fourth-order valence-corrected chi connectivity index (χ4v) is 3.57. The van der Waals surface area contributed by atoms with Gasteiger partial charge in [-0.25, -0.2) is 0 Å². The first-order chi connectivity index (χ1) is 11.5. The van der Waals surface area contributed by atoms with E-state index in [0.29, 0.717) is 28.9 Å². The van der Waals surface area contributed by atoms with Crippen molar-refractivity contribution in [1.29, 1.82) is 0 Å². The third-order valence-corrected chi connectivity index (χ3v) is 4.78. The Morgan fingerprint density at radius 1 is 1.12 bits per heavy atom. The quantitative estimate of drug-likeness (QED) is 0.479. The lowest BCUT2D eigenvalue weighted by atomic mass is 9.78. The van der Waals surface area contributed by atoms with Gasteiger partial charge in [0.1, 0.15) is 0 Å². The van der Waals surface area contributed by atoms with Crippen LogP contribution in [0.4, 0.5) is 11.4 Å². The second-order valence-corrected chi connectivity index (χ2v) is 6.33. The first kappa shape index (κ1) is 14.9. The molecule has 2 aromatic carbocycles. The number of carbonyl (C=O) groups excluding carboxylic acids is 1. The summed E-state index contributed by atoms with van der Waals surface area (Å²) in [5.74, 6) is -0.556. The molecule has 24 heavy (non-hydrogen) atoms. The molecule has 4 rings (SSSR count). The van der Waals surface area contributed by atoms with E-state index in [1.807, 2.05) is 24.3 Å². The number of hydrogen-bond acceptors (Lipinski definition) is 4. The number of fused-ring (bicyclic) bond motifs is 2. The summed E-state index contributed by atoms with van der Waals surface area (Å²) in [6, 6.07) is 12.6. The summed E-state index contributed by atoms with van der Waals surface area (Å²) in [5.41, 5.74) is 9.81. The highest BCUT2D eigenvalue weighted by molar-refractivity contribution is 6.31. The molecule has 5 heteroatoms. The maximum absolute atomic E-state index is 12.3. The van der Waals surface area contributed by atoms with E-state index in [9.17, 15) is 15.0 Å². The first-order valence-corrected chi connectivity index (χ1v) is 7.92. The zero-order valence-corrected chi connectivity index (χ0v) is 12.9. The highest BCUT2D eigenvalue weighted by Crippen LogP contribution is 2.43. The van der Waals surface area contributed by atoms with Gasteiger partial charge in [0, 0.05) is 28.4 Å². The largest absolute Gasteiger partial charge is 0.399 e. The molecule has 5 N–H and O–H groups in total. The van der Waals surface area contributed by atoms with Gasteiger partial charge in [-0.2, -0.15) is 0 Å². The van der Waals surface area contributed by atoms with Crippen molar-refractivity contribution in [3.05, 3.63) is 65.2 Å². The van der Waals surface area contributed by atoms with Crippen molar-refractivity contribution in [2.45, 2.75) is 18.6 Å². The van der Waals surface area contributed by atoms with Gasteiger partial charge in [-0.1, -0.05) is 30.3 Å². The number of benzene rings is 2. The number of aliphatic hydroxyl groups excluding tert-OH is 2. The van der Waals surface area contributed by atoms with E-state index in [-0.39, 0.29) is 11.8 Å². The molecule has 0 saturated carbocycles. The molecule has 3 unspecified atom stereocenters. The molecule has 1 aliphatic heterocycles. The normalized spacial score (nSPS) is 26.8. The van der Waals surface area contributed by atoms with Crippen molar-refractivity contribution in [1.82, 2.24) is 0 Å². The number of anilines is 2. The van der Waals surface area contributed by atoms with Crippen molar-refractivity contribution in [2.75, 3.05) is 11.1 Å². The van der Waals surface area contributed by atoms with E-state index in [2.05, 4.69) is 5.32 Å². The van der Waals surface area contributed by atoms with Crippen LogP contribution in [0.25, 0.3) is 5.57 Å². The summed E-state index contributed by atoms with van der Waals surface area (Å²) >= 11 is 0. The van der Waals surface area contributed by atoms with Gasteiger partial charge in [-0.05, 0) is 35.7 Å². The van der Waals surface area contributed by atoms with Crippen LogP contribution in [-0.2, 0) is 4.79 Å². The molecular weight excluding hydrogens is 304 g/mol. The van der Waals surface area contributed by atoms with E-state index < -0.39 is 12.2 Å². The SMILES string of the molecule is Nc1ccc2c(c1)C(=CC1CC(O)c3ccccc3C1O)C(=O)N2. The smallest absolute Gasteiger partial charge is 0.256 e. The van der Waals surface area contributed by atoms with Crippen molar-refractivity contribution in [3.63, 3.8) is 0 Å². The molecule has 122 valence electrons. The topological polar surface area (TPSA) is 95.6 Å². The first-order valence-electron chi connectivity index (χ1n) is 7.92. The number of amides is 1. The molecule has 0 radical (unpaired) electrons. The molecule has 0 spiro atoms. The highest BCUT2D eigenvalue weighted by atomic mass is 16.3. The Morgan fingerprint density at radius 3 is 2.67 bits per heavy atom. The summed E-state index contributed by atoms with van der Waals surface area (Å²) in [4.78, 5) is 12.3. The van der Waals surface area contributed by atoms with Crippen LogP contribution in [0.5, 0.6) is 0 Å². The van der Waals surface area contributed by atoms with Crippen LogP contribution in [0.15, 0.2) is 48.5 Å². The standard InChI is InChI=1S/C19H18N2O3/c20-11-5-6-16-14(9-11)15(19(24)21-16)7-10-8-17(22)12-3-1-2-4-13(12)18(10)23/h1-7,9-10,17-18,22-23H,8,20H2,(H,21,24). The van der Waals surface area contributed by atoms with Crippen molar-refractivity contribution in [3.8, 4) is 0 Å². The van der Waals surface area contributed by atoms with E-state index in [1.54, 1.807) is 24.3 Å². The van der Waals surface area contributed by atoms with Gasteiger partial charge in [-0.3, -0.25) is 4.79 Å². The average Bonchev–Trinajstić information content (AvgIpc) is 2.88. The Morgan fingerprint density at radius 2 is 1.88 bits per heavy atom. The van der Waals surface area contributed by atoms with Gasteiger partial charge in [0.2, 0.25) is 0 Å². The third kappa shape index (κ3) is 2.29. The zero-order valence-electron chi connectivity index (χ0n) is 12.9. The Balaban J connectivity index is 1.75. The van der Waals surface area contributed by atoms with Gasteiger partial charge in [-0.15, -0.1) is 0 Å². The number of nitrogen functional groups attached to an aromatic ring is 1. The molecule has 0 saturated heterocycles. The monoisotopic (exact) mass is 322 g/mol. The molecule has 0 bridgehead atoms. The van der Waals surface area contributed by atoms with E-state index in [0.717, 1.165) is 11.1 Å². The molecule has 1 heterocycles. The van der Waals surface area contributed by atoms with Crippen LogP contribution in [0, 0.1) is 5.92 Å². The summed E-state index contributed by atoms with van der Waals surface area (Å²) in [6.45, 7) is 0. The van der Waals surface area contributed by atoms with Crippen LogP contribution in [0.1, 0.15) is 35.3 Å². The van der Waals surface area contributed by atoms with Crippen LogP contribution < -0.4 is 11.1 Å². The fourth-order valence-electron chi connectivity index (χ4n) is 3.57. The van der Waals surface area contributed by atoms with Gasteiger partial charge >= 0.3 is 0 Å². The molecule has 3 atom stereocenters. The van der Waals surface area contributed by atoms with E-state index in [4.69, 9.17) is 5.73 Å². The lowest BCUT2D eigenvalue weighted by Gasteiger charge is -2.31. The maximum atomic E-state index is 12.3. The molecular formula is C19H18N2O3. The maximum Gasteiger partial charge on any atom is 0.256 e. The summed E-state index contributed by atoms with van der Waals surface area (Å²) in [5, 5.41) is 23.8. The van der Waals surface area contributed by atoms with Crippen molar-refractivity contribution in [2.24, 2.45) is 5.92 Å². The molecule has 0 fully saturated rings. The second-order valence-electron chi connectivity index (χ2n) is 6.33. The molecule has 0 aromatic heterocycles. The number of aliphatic hydroxyl groups is 2. The van der Waals surface area contributed by atoms with Crippen LogP contribution in [0.3, 0.4) is 0 Å². The Kier molecular flexibility index (Phi) is 3.40. The number of carbonyl (C=O) groups is 1. The third-order valence-electron chi connectivity index (χ3n) is 4.78. The van der Waals surface area contributed by atoms with Gasteiger partial charge in [0.05, 0.1) is 12.2 Å². The molecule has 2 aromatic rings. The average molecular weight is 322 g/mol. The van der Waals surface area contributed by atoms with Crippen LogP contribution in [-0.4, -0.2) is 16.1 Å². The summed E-state index contributed by atoms with van der Waals surface area (Å²) in [6.07, 6.45) is 0.711. The van der Waals surface area contributed by atoms with E-state index in [1.165, 1.54) is 0 Å². The Hall–Kier alpha value is -2.63. The predicted molar refractivity (Wildman–Crippen MR) is 91.9 cm³/mol. The van der Waals surface area contributed by atoms with Crippen molar-refractivity contribution < 1.29 is 15.0 Å². The molecule has 2 aliphatic rings. The zero-order chi connectivity index (χ0) is 16.8. The lowest BCUT2D eigenvalue weighted by molar-refractivity contribution is -0.110. The fraction of sp³-hybridized carbons (Fsp3) is 0.211. The number of nitrogens with one attached hydrogen (secondary N) is 1. The predicted octanol–water partition coefficient (Wildman–Crippen LogP) is 2.39. The Bertz CT molecular complexity index is 859. The number of rotatable bonds is 1. The van der Waals surface area contributed by atoms with Crippen molar-refractivity contribution >= 4 is 22.9 Å². The van der Waals surface area contributed by atoms with Crippen LogP contribution >= 0.6 is 0 Å². The summed E-state index contributed by atoms with van der Waals surface area (Å²) in [7, 11) is 0. The lowest BCUT2D eigenvalue weighted by Crippen LogP contribution is -2.23. The Labute approximate surface area is 139 Å². The second kappa shape index (κ2) is 5.47. The minimum atomic E-state index is -0.755. The van der Waals surface area contributed by atoms with Gasteiger partial charge in [0.25, 0.3) is 5.91 Å². The van der Waals surface area contributed by atoms with Gasteiger partial charge in [0.15, 0.2) is 0 Å². The number of hydrogen-bond donors (Lipinski definition) is 4. The highest BCUT2D eigenvalue weighted by Gasteiger charge is 2.34. The summed E-state index contributed by atoms with van der Waals surface area (Å²) < 4.78 is 0.